The van der Waals surface area contributed by atoms with Gasteiger partial charge in [0.25, 0.3) is 0 Å². The molecule has 0 heterocycles. The number of rotatable bonds is 10. The molecule has 0 aromatic heterocycles. The van der Waals surface area contributed by atoms with Crippen molar-refractivity contribution in [2.75, 3.05) is 0 Å². The Morgan fingerprint density at radius 3 is 2.10 bits per heavy atom. The van der Waals surface area contributed by atoms with Crippen LogP contribution in [-0.2, 0) is 0 Å². The summed E-state index contributed by atoms with van der Waals surface area (Å²) in [6.45, 7) is 9.81. The summed E-state index contributed by atoms with van der Waals surface area (Å²) in [7, 11) is 0. The standard InChI is InChI=1S/C20H38/c1-5-6-7-8-9-10-11-12-13-20(4)15-18(16(2)3)17-14-19(17)20/h16-19H,5-15H2,1-4H3. The van der Waals surface area contributed by atoms with E-state index < -0.39 is 0 Å². The summed E-state index contributed by atoms with van der Waals surface area (Å²) in [4.78, 5) is 0. The van der Waals surface area contributed by atoms with Crippen molar-refractivity contribution in [3.05, 3.63) is 0 Å². The predicted octanol–water partition coefficient (Wildman–Crippen LogP) is 6.84. The second-order valence-electron chi connectivity index (χ2n) is 8.50. The molecule has 0 amide bonds. The monoisotopic (exact) mass is 278 g/mol. The smallest absolute Gasteiger partial charge is 0.0292 e. The van der Waals surface area contributed by atoms with Crippen LogP contribution in [0.4, 0.5) is 0 Å². The molecule has 0 bridgehead atoms. The van der Waals surface area contributed by atoms with Crippen molar-refractivity contribution < 1.29 is 0 Å². The third-order valence-electron chi connectivity index (χ3n) is 6.44. The fourth-order valence-electron chi connectivity index (χ4n) is 5.01. The molecule has 118 valence electrons. The maximum absolute atomic E-state index is 2.61. The van der Waals surface area contributed by atoms with Crippen molar-refractivity contribution in [1.29, 1.82) is 0 Å². The molecule has 0 radical (unpaired) electrons. The minimum Gasteiger partial charge on any atom is -0.0654 e. The molecule has 0 nitrogen and oxygen atoms in total. The van der Waals surface area contributed by atoms with E-state index in [0.717, 1.165) is 29.1 Å². The molecule has 2 saturated carbocycles. The summed E-state index contributed by atoms with van der Waals surface area (Å²) >= 11 is 0. The molecule has 4 atom stereocenters. The van der Waals surface area contributed by atoms with Crippen LogP contribution in [0.5, 0.6) is 0 Å². The maximum atomic E-state index is 2.61. The van der Waals surface area contributed by atoms with Crippen LogP contribution in [0.25, 0.3) is 0 Å². The van der Waals surface area contributed by atoms with E-state index >= 15 is 0 Å². The van der Waals surface area contributed by atoms with Gasteiger partial charge in [-0.15, -0.1) is 0 Å². The normalized spacial score (nSPS) is 35.5. The summed E-state index contributed by atoms with van der Waals surface area (Å²) in [5.74, 6) is 4.21. The SMILES string of the molecule is CCCCCCCCCCC1(C)CC(C(C)C)C2CC21. The lowest BCUT2D eigenvalue weighted by Gasteiger charge is -2.29. The van der Waals surface area contributed by atoms with Gasteiger partial charge in [0.2, 0.25) is 0 Å². The maximum Gasteiger partial charge on any atom is -0.0292 e. The molecule has 2 aliphatic carbocycles. The number of fused-ring (bicyclic) bond motifs is 1. The topological polar surface area (TPSA) is 0 Å². The molecule has 0 aromatic rings. The molecule has 20 heavy (non-hydrogen) atoms. The number of hydrogen-bond acceptors (Lipinski definition) is 0. The third-order valence-corrected chi connectivity index (χ3v) is 6.44. The minimum absolute atomic E-state index is 0.724. The van der Waals surface area contributed by atoms with Crippen LogP contribution in [0, 0.1) is 29.1 Å². The first-order chi connectivity index (χ1) is 9.58. The second-order valence-corrected chi connectivity index (χ2v) is 8.50. The lowest BCUT2D eigenvalue weighted by molar-refractivity contribution is 0.214. The van der Waals surface area contributed by atoms with E-state index in [-0.39, 0.29) is 0 Å². The Kier molecular flexibility index (Phi) is 5.99. The zero-order chi connectivity index (χ0) is 14.6. The molecule has 2 fully saturated rings. The van der Waals surface area contributed by atoms with Gasteiger partial charge in [-0.3, -0.25) is 0 Å². The van der Waals surface area contributed by atoms with Gasteiger partial charge < -0.3 is 0 Å². The van der Waals surface area contributed by atoms with E-state index in [1.165, 1.54) is 64.2 Å². The van der Waals surface area contributed by atoms with Crippen LogP contribution in [-0.4, -0.2) is 0 Å². The summed E-state index contributed by atoms with van der Waals surface area (Å²) in [5.41, 5.74) is 0.724. The minimum atomic E-state index is 0.724. The molecular formula is C20H38. The molecule has 2 aliphatic rings. The Morgan fingerprint density at radius 1 is 0.950 bits per heavy atom. The van der Waals surface area contributed by atoms with Crippen LogP contribution >= 0.6 is 0 Å². The van der Waals surface area contributed by atoms with Crippen molar-refractivity contribution in [2.24, 2.45) is 29.1 Å². The number of hydrogen-bond donors (Lipinski definition) is 0. The lowest BCUT2D eigenvalue weighted by Crippen LogP contribution is -2.19. The molecule has 4 unspecified atom stereocenters. The van der Waals surface area contributed by atoms with E-state index in [0.29, 0.717) is 0 Å². The highest BCUT2D eigenvalue weighted by molar-refractivity contribution is 5.08. The second kappa shape index (κ2) is 7.32. The molecule has 2 rings (SSSR count). The zero-order valence-electron chi connectivity index (χ0n) is 14.6. The molecule has 0 heteroatoms. The van der Waals surface area contributed by atoms with E-state index in [1.807, 2.05) is 0 Å². The third kappa shape index (κ3) is 4.01. The van der Waals surface area contributed by atoms with Crippen LogP contribution in [0.15, 0.2) is 0 Å². The van der Waals surface area contributed by atoms with E-state index in [2.05, 4.69) is 27.7 Å². The molecule has 0 spiro atoms. The van der Waals surface area contributed by atoms with Gasteiger partial charge in [0.15, 0.2) is 0 Å². The van der Waals surface area contributed by atoms with E-state index in [9.17, 15) is 0 Å². The van der Waals surface area contributed by atoms with Crippen molar-refractivity contribution in [3.8, 4) is 0 Å². The fraction of sp³-hybridized carbons (Fsp3) is 1.00. The summed E-state index contributed by atoms with van der Waals surface area (Å²) in [6.07, 6.45) is 16.3. The van der Waals surface area contributed by atoms with E-state index in [4.69, 9.17) is 0 Å². The molecule has 0 aromatic carbocycles. The Bertz CT molecular complexity index is 280. The van der Waals surface area contributed by atoms with Gasteiger partial charge in [0, 0.05) is 0 Å². The van der Waals surface area contributed by atoms with Gasteiger partial charge in [-0.2, -0.15) is 0 Å². The van der Waals surface area contributed by atoms with Crippen molar-refractivity contribution in [2.45, 2.75) is 98.3 Å². The highest BCUT2D eigenvalue weighted by Crippen LogP contribution is 2.67. The Morgan fingerprint density at radius 2 is 1.55 bits per heavy atom. The van der Waals surface area contributed by atoms with Gasteiger partial charge in [-0.1, -0.05) is 79.1 Å². The number of unbranched alkanes of at least 4 members (excludes halogenated alkanes) is 7. The summed E-state index contributed by atoms with van der Waals surface area (Å²) in [6, 6.07) is 0. The molecule has 0 aliphatic heterocycles. The van der Waals surface area contributed by atoms with Crippen LogP contribution in [0.3, 0.4) is 0 Å². The Hall–Kier alpha value is 0. The zero-order valence-corrected chi connectivity index (χ0v) is 14.6. The lowest BCUT2D eigenvalue weighted by atomic mass is 9.76. The van der Waals surface area contributed by atoms with Crippen LogP contribution in [0.1, 0.15) is 98.3 Å². The van der Waals surface area contributed by atoms with Gasteiger partial charge >= 0.3 is 0 Å². The fourth-order valence-corrected chi connectivity index (χ4v) is 5.01. The Balaban J connectivity index is 1.56. The summed E-state index contributed by atoms with van der Waals surface area (Å²) in [5, 5.41) is 0. The predicted molar refractivity (Wildman–Crippen MR) is 89.9 cm³/mol. The quantitative estimate of drug-likeness (QED) is 0.384. The van der Waals surface area contributed by atoms with E-state index in [1.54, 1.807) is 6.42 Å². The van der Waals surface area contributed by atoms with Crippen LogP contribution in [0.2, 0.25) is 0 Å². The van der Waals surface area contributed by atoms with Gasteiger partial charge in [-0.05, 0) is 48.3 Å². The van der Waals surface area contributed by atoms with Crippen molar-refractivity contribution in [1.82, 2.24) is 0 Å². The van der Waals surface area contributed by atoms with Gasteiger partial charge in [-0.25, -0.2) is 0 Å². The highest BCUT2D eigenvalue weighted by Gasteiger charge is 2.59. The summed E-state index contributed by atoms with van der Waals surface area (Å²) < 4.78 is 0. The van der Waals surface area contributed by atoms with Crippen LogP contribution < -0.4 is 0 Å². The largest absolute Gasteiger partial charge is 0.0654 e. The van der Waals surface area contributed by atoms with Gasteiger partial charge in [0.1, 0.15) is 0 Å². The average Bonchev–Trinajstić information content (AvgIpc) is 3.15. The molecule has 0 N–H and O–H groups in total. The van der Waals surface area contributed by atoms with Gasteiger partial charge in [0.05, 0.1) is 0 Å². The first-order valence-electron chi connectivity index (χ1n) is 9.58. The first kappa shape index (κ1) is 16.4. The van der Waals surface area contributed by atoms with Crippen molar-refractivity contribution >= 4 is 0 Å². The van der Waals surface area contributed by atoms with Crippen molar-refractivity contribution in [3.63, 3.8) is 0 Å². The highest BCUT2D eigenvalue weighted by atomic mass is 14.6. The molecular weight excluding hydrogens is 240 g/mol. The first-order valence-corrected chi connectivity index (χ1v) is 9.58. The molecule has 0 saturated heterocycles. The average molecular weight is 279 g/mol. The Labute approximate surface area is 128 Å².